The van der Waals surface area contributed by atoms with Crippen molar-refractivity contribution in [3.8, 4) is 0 Å². The first-order chi connectivity index (χ1) is 11.1. The highest BCUT2D eigenvalue weighted by molar-refractivity contribution is 5.87. The van der Waals surface area contributed by atoms with Crippen LogP contribution in [-0.2, 0) is 16.8 Å². The third-order valence-electron chi connectivity index (χ3n) is 4.11. The molecular weight excluding hydrogens is 286 g/mol. The number of nitrogens with one attached hydrogen (secondary N) is 2. The first-order valence-corrected chi connectivity index (χ1v) is 7.83. The van der Waals surface area contributed by atoms with Crippen LogP contribution in [0.2, 0.25) is 0 Å². The summed E-state index contributed by atoms with van der Waals surface area (Å²) in [5, 5.41) is 12.2. The zero-order valence-corrected chi connectivity index (χ0v) is 13.5. The first-order valence-electron chi connectivity index (χ1n) is 7.83. The summed E-state index contributed by atoms with van der Waals surface area (Å²) in [5.74, 6) is 0.0455. The molecule has 2 aromatic carbocycles. The van der Waals surface area contributed by atoms with E-state index >= 15 is 0 Å². The number of aromatic nitrogens is 2. The summed E-state index contributed by atoms with van der Waals surface area (Å²) in [4.78, 5) is 12.3. The summed E-state index contributed by atoms with van der Waals surface area (Å²) in [7, 11) is 0. The molecule has 1 amide bonds. The van der Waals surface area contributed by atoms with Gasteiger partial charge in [-0.3, -0.25) is 9.89 Å². The number of fused-ring (bicyclic) bond motifs is 1. The lowest BCUT2D eigenvalue weighted by Crippen LogP contribution is -2.41. The minimum Gasteiger partial charge on any atom is -0.347 e. The van der Waals surface area contributed by atoms with Crippen LogP contribution in [0.3, 0.4) is 0 Å². The smallest absolute Gasteiger partial charge is 0.221 e. The molecule has 4 nitrogen and oxygen atoms in total. The normalized spacial score (nSPS) is 11.6. The highest BCUT2D eigenvalue weighted by Gasteiger charge is 2.24. The maximum atomic E-state index is 12.3. The Kier molecular flexibility index (Phi) is 4.15. The Labute approximate surface area is 135 Å². The summed E-state index contributed by atoms with van der Waals surface area (Å²) in [6, 6.07) is 14.5. The van der Waals surface area contributed by atoms with Gasteiger partial charge in [-0.15, -0.1) is 0 Å². The largest absolute Gasteiger partial charge is 0.347 e. The van der Waals surface area contributed by atoms with Crippen LogP contribution in [0.1, 0.15) is 31.4 Å². The third-order valence-corrected chi connectivity index (χ3v) is 4.11. The van der Waals surface area contributed by atoms with E-state index in [1.165, 1.54) is 10.8 Å². The molecule has 1 aromatic heterocycles. The number of hydrogen-bond donors (Lipinski definition) is 2. The predicted molar refractivity (Wildman–Crippen MR) is 92.0 cm³/mol. The molecule has 0 fully saturated rings. The zero-order chi connectivity index (χ0) is 16.3. The molecule has 0 aliphatic rings. The van der Waals surface area contributed by atoms with Gasteiger partial charge in [-0.25, -0.2) is 0 Å². The number of hydrogen-bond acceptors (Lipinski definition) is 2. The summed E-state index contributed by atoms with van der Waals surface area (Å²) in [6.45, 7) is 4.09. The van der Waals surface area contributed by atoms with Gasteiger partial charge in [0.05, 0.1) is 11.7 Å². The Hall–Kier alpha value is -2.62. The molecule has 118 valence electrons. The molecule has 2 N–H and O–H groups in total. The van der Waals surface area contributed by atoms with Crippen molar-refractivity contribution in [3.63, 3.8) is 0 Å². The molecule has 1 heterocycles. The van der Waals surface area contributed by atoms with Gasteiger partial charge in [-0.05, 0) is 42.2 Å². The second-order valence-electron chi connectivity index (χ2n) is 6.31. The summed E-state index contributed by atoms with van der Waals surface area (Å²) in [6.07, 6.45) is 4.72. The second-order valence-corrected chi connectivity index (χ2v) is 6.31. The minimum atomic E-state index is -0.422. The van der Waals surface area contributed by atoms with E-state index in [1.807, 2.05) is 38.2 Å². The SMILES string of the molecule is CC(C)(NC(=O)CCc1cn[nH]c1)c1cccc2ccccc12. The van der Waals surface area contributed by atoms with Gasteiger partial charge in [-0.1, -0.05) is 42.5 Å². The van der Waals surface area contributed by atoms with Gasteiger partial charge in [0.1, 0.15) is 0 Å². The van der Waals surface area contributed by atoms with Crippen LogP contribution in [0.25, 0.3) is 10.8 Å². The van der Waals surface area contributed by atoms with Crippen molar-refractivity contribution in [1.82, 2.24) is 15.5 Å². The Morgan fingerprint density at radius 2 is 1.96 bits per heavy atom. The van der Waals surface area contributed by atoms with Gasteiger partial charge >= 0.3 is 0 Å². The fraction of sp³-hybridized carbons (Fsp3) is 0.263. The fourth-order valence-corrected chi connectivity index (χ4v) is 2.92. The maximum absolute atomic E-state index is 12.3. The van der Waals surface area contributed by atoms with Gasteiger partial charge in [0, 0.05) is 12.6 Å². The van der Waals surface area contributed by atoms with E-state index in [1.54, 1.807) is 6.20 Å². The van der Waals surface area contributed by atoms with E-state index < -0.39 is 5.54 Å². The monoisotopic (exact) mass is 307 g/mol. The van der Waals surface area contributed by atoms with Gasteiger partial charge in [0.2, 0.25) is 5.91 Å². The molecule has 0 radical (unpaired) electrons. The topological polar surface area (TPSA) is 57.8 Å². The average Bonchev–Trinajstić information content (AvgIpc) is 3.05. The Morgan fingerprint density at radius 3 is 2.74 bits per heavy atom. The summed E-state index contributed by atoms with van der Waals surface area (Å²) < 4.78 is 0. The van der Waals surface area contributed by atoms with E-state index in [4.69, 9.17) is 0 Å². The second kappa shape index (κ2) is 6.24. The highest BCUT2D eigenvalue weighted by Crippen LogP contribution is 2.28. The summed E-state index contributed by atoms with van der Waals surface area (Å²) in [5.41, 5.74) is 1.75. The Bertz CT molecular complexity index is 801. The van der Waals surface area contributed by atoms with Gasteiger partial charge in [0.25, 0.3) is 0 Å². The molecular formula is C19H21N3O. The van der Waals surface area contributed by atoms with E-state index in [0.717, 1.165) is 11.1 Å². The molecule has 0 saturated heterocycles. The fourth-order valence-electron chi connectivity index (χ4n) is 2.92. The van der Waals surface area contributed by atoms with Crippen LogP contribution >= 0.6 is 0 Å². The lowest BCUT2D eigenvalue weighted by molar-refractivity contribution is -0.122. The number of H-pyrrole nitrogens is 1. The molecule has 0 unspecified atom stereocenters. The number of rotatable bonds is 5. The molecule has 0 saturated carbocycles. The van der Waals surface area contributed by atoms with Crippen LogP contribution in [-0.4, -0.2) is 16.1 Å². The lowest BCUT2D eigenvalue weighted by Gasteiger charge is -2.28. The number of carbonyl (C=O) groups is 1. The van der Waals surface area contributed by atoms with Crippen LogP contribution in [0.15, 0.2) is 54.9 Å². The molecule has 0 bridgehead atoms. The Morgan fingerprint density at radius 1 is 1.17 bits per heavy atom. The number of aryl methyl sites for hydroxylation is 1. The first kappa shape index (κ1) is 15.3. The van der Waals surface area contributed by atoms with Crippen molar-refractivity contribution in [1.29, 1.82) is 0 Å². The third kappa shape index (κ3) is 3.42. The van der Waals surface area contributed by atoms with Crippen molar-refractivity contribution in [2.24, 2.45) is 0 Å². The molecule has 0 aliphatic heterocycles. The number of aromatic amines is 1. The summed E-state index contributed by atoms with van der Waals surface area (Å²) >= 11 is 0. The van der Waals surface area contributed by atoms with Crippen molar-refractivity contribution < 1.29 is 4.79 Å². The van der Waals surface area contributed by atoms with Crippen LogP contribution < -0.4 is 5.32 Å². The van der Waals surface area contributed by atoms with Crippen molar-refractivity contribution in [3.05, 3.63) is 66.0 Å². The average molecular weight is 307 g/mol. The molecule has 0 spiro atoms. The number of benzene rings is 2. The number of nitrogens with zero attached hydrogens (tertiary/aromatic N) is 1. The van der Waals surface area contributed by atoms with Crippen molar-refractivity contribution in [2.75, 3.05) is 0 Å². The van der Waals surface area contributed by atoms with E-state index in [0.29, 0.717) is 12.8 Å². The predicted octanol–water partition coefficient (Wildman–Crippen LogP) is 3.55. The zero-order valence-electron chi connectivity index (χ0n) is 13.5. The molecule has 23 heavy (non-hydrogen) atoms. The van der Waals surface area contributed by atoms with Gasteiger partial charge in [0.15, 0.2) is 0 Å². The van der Waals surface area contributed by atoms with Crippen molar-refractivity contribution >= 4 is 16.7 Å². The number of amides is 1. The van der Waals surface area contributed by atoms with Crippen molar-refractivity contribution in [2.45, 2.75) is 32.2 Å². The molecule has 3 aromatic rings. The van der Waals surface area contributed by atoms with Gasteiger partial charge < -0.3 is 5.32 Å². The number of carbonyl (C=O) groups excluding carboxylic acids is 1. The molecule has 4 heteroatoms. The Balaban J connectivity index is 1.76. The highest BCUT2D eigenvalue weighted by atomic mass is 16.1. The van der Waals surface area contributed by atoms with E-state index in [9.17, 15) is 4.79 Å². The minimum absolute atomic E-state index is 0.0455. The van der Waals surface area contributed by atoms with Crippen LogP contribution in [0, 0.1) is 0 Å². The maximum Gasteiger partial charge on any atom is 0.221 e. The van der Waals surface area contributed by atoms with E-state index in [-0.39, 0.29) is 5.91 Å². The lowest BCUT2D eigenvalue weighted by atomic mass is 9.89. The molecule has 0 aliphatic carbocycles. The van der Waals surface area contributed by atoms with E-state index in [2.05, 4.69) is 39.8 Å². The van der Waals surface area contributed by atoms with Gasteiger partial charge in [-0.2, -0.15) is 5.10 Å². The van der Waals surface area contributed by atoms with Crippen LogP contribution in [0.4, 0.5) is 0 Å². The standard InChI is InChI=1S/C19H21N3O/c1-19(2,22-18(23)11-10-14-12-20-21-13-14)17-9-5-7-15-6-3-4-8-16(15)17/h3-9,12-13H,10-11H2,1-2H3,(H,20,21)(H,22,23). The molecule has 0 atom stereocenters. The molecule has 3 rings (SSSR count). The van der Waals surface area contributed by atoms with Crippen LogP contribution in [0.5, 0.6) is 0 Å². The quantitative estimate of drug-likeness (QED) is 0.757.